The Balaban J connectivity index is 2.35. The van der Waals surface area contributed by atoms with Crippen LogP contribution in [0.4, 0.5) is 0 Å². The van der Waals surface area contributed by atoms with Gasteiger partial charge in [-0.1, -0.05) is 6.07 Å². The predicted molar refractivity (Wildman–Crippen MR) is 71.6 cm³/mol. The second kappa shape index (κ2) is 5.11. The van der Waals surface area contributed by atoms with Gasteiger partial charge in [0.1, 0.15) is 5.75 Å². The highest BCUT2D eigenvalue weighted by Crippen LogP contribution is 2.25. The molecule has 0 atom stereocenters. The van der Waals surface area contributed by atoms with Gasteiger partial charge in [0.15, 0.2) is 0 Å². The monoisotopic (exact) mass is 248 g/mol. The molecule has 1 aromatic rings. The topological polar surface area (TPSA) is 26.3 Å². The van der Waals surface area contributed by atoms with Crippen molar-refractivity contribution in [1.29, 1.82) is 0 Å². The summed E-state index contributed by atoms with van der Waals surface area (Å²) in [4.78, 5) is 12.5. The summed E-state index contributed by atoms with van der Waals surface area (Å²) in [5, 5.41) is 0. The molecule has 1 aliphatic heterocycles. The van der Waals surface area contributed by atoms with Crippen molar-refractivity contribution in [3.05, 3.63) is 29.3 Å². The van der Waals surface area contributed by atoms with Crippen molar-refractivity contribution in [1.82, 2.24) is 0 Å². The summed E-state index contributed by atoms with van der Waals surface area (Å²) in [6.45, 7) is 6.92. The molecule has 18 heavy (non-hydrogen) atoms. The fourth-order valence-electron chi connectivity index (χ4n) is 2.82. The minimum Gasteiger partial charge on any atom is -0.497 e. The van der Waals surface area contributed by atoms with Crippen molar-refractivity contribution < 1.29 is 14.0 Å². The van der Waals surface area contributed by atoms with E-state index in [-0.39, 0.29) is 0 Å². The molecule has 1 aliphatic rings. The van der Waals surface area contributed by atoms with Crippen molar-refractivity contribution in [3.8, 4) is 5.75 Å². The maximum absolute atomic E-state index is 12.5. The van der Waals surface area contributed by atoms with Crippen LogP contribution in [0.25, 0.3) is 0 Å². The number of benzene rings is 1. The van der Waals surface area contributed by atoms with Crippen LogP contribution in [0, 0.1) is 0 Å². The first-order chi connectivity index (χ1) is 8.65. The highest BCUT2D eigenvalue weighted by atomic mass is 16.5. The zero-order valence-electron chi connectivity index (χ0n) is 11.5. The van der Waals surface area contributed by atoms with Crippen molar-refractivity contribution in [2.24, 2.45) is 0 Å². The lowest BCUT2D eigenvalue weighted by Crippen LogP contribution is -2.53. The van der Waals surface area contributed by atoms with Gasteiger partial charge in [0.25, 0.3) is 0 Å². The number of carbonyl (C=O) groups excluding carboxylic acids is 1. The van der Waals surface area contributed by atoms with Gasteiger partial charge < -0.3 is 4.74 Å². The first kappa shape index (κ1) is 13.1. The molecule has 1 amide bonds. The van der Waals surface area contributed by atoms with E-state index >= 15 is 0 Å². The van der Waals surface area contributed by atoms with Gasteiger partial charge in [-0.05, 0) is 37.1 Å². The SMILES string of the molecule is CC[N+]1(CC)CCc2ccc(OC)cc2CC1=O. The van der Waals surface area contributed by atoms with E-state index in [9.17, 15) is 4.79 Å². The molecule has 1 heterocycles. The highest BCUT2D eigenvalue weighted by Gasteiger charge is 2.35. The van der Waals surface area contributed by atoms with Crippen LogP contribution in [-0.4, -0.2) is 37.1 Å². The van der Waals surface area contributed by atoms with E-state index in [0.717, 1.165) is 37.4 Å². The molecule has 0 saturated heterocycles. The van der Waals surface area contributed by atoms with Crippen LogP contribution in [-0.2, 0) is 17.6 Å². The lowest BCUT2D eigenvalue weighted by atomic mass is 10.0. The first-order valence-corrected chi connectivity index (χ1v) is 6.70. The van der Waals surface area contributed by atoms with E-state index in [4.69, 9.17) is 4.74 Å². The molecule has 0 aliphatic carbocycles. The average molecular weight is 248 g/mol. The standard InChI is InChI=1S/C15H22NO2/c1-4-16(5-2)9-8-12-6-7-14(18-3)10-13(12)11-15(16)17/h6-7,10H,4-5,8-9,11H2,1-3H3/q+1. The van der Waals surface area contributed by atoms with Crippen LogP contribution in [0.2, 0.25) is 0 Å². The molecule has 1 aromatic carbocycles. The Morgan fingerprint density at radius 2 is 1.94 bits per heavy atom. The van der Waals surface area contributed by atoms with E-state index in [2.05, 4.69) is 19.9 Å². The van der Waals surface area contributed by atoms with Crippen LogP contribution < -0.4 is 4.74 Å². The average Bonchev–Trinajstić information content (AvgIpc) is 2.54. The van der Waals surface area contributed by atoms with E-state index in [1.165, 1.54) is 5.56 Å². The van der Waals surface area contributed by atoms with Crippen molar-refractivity contribution in [2.75, 3.05) is 26.7 Å². The molecule has 0 saturated carbocycles. The van der Waals surface area contributed by atoms with Crippen LogP contribution in [0.1, 0.15) is 25.0 Å². The molecular weight excluding hydrogens is 226 g/mol. The minimum absolute atomic E-state index is 0.340. The predicted octanol–water partition coefficient (Wildman–Crippen LogP) is 2.18. The number of likely N-dealkylation sites (N-methyl/N-ethyl adjacent to an activating group) is 1. The molecule has 0 spiro atoms. The Morgan fingerprint density at radius 3 is 2.56 bits per heavy atom. The van der Waals surface area contributed by atoms with E-state index in [1.54, 1.807) is 7.11 Å². The Kier molecular flexibility index (Phi) is 3.71. The fraction of sp³-hybridized carbons (Fsp3) is 0.533. The Labute approximate surface area is 109 Å². The number of nitrogens with zero attached hydrogens (tertiary/aromatic N) is 1. The number of carbonyl (C=O) groups is 1. The summed E-state index contributed by atoms with van der Waals surface area (Å²) >= 11 is 0. The molecular formula is C15H22NO2+. The van der Waals surface area contributed by atoms with Gasteiger partial charge in [-0.15, -0.1) is 0 Å². The molecule has 0 N–H and O–H groups in total. The summed E-state index contributed by atoms with van der Waals surface area (Å²) < 4.78 is 5.85. The number of ether oxygens (including phenoxy) is 1. The smallest absolute Gasteiger partial charge is 0.318 e. The lowest BCUT2D eigenvalue weighted by Gasteiger charge is -2.32. The Hall–Kier alpha value is -1.35. The minimum atomic E-state index is 0.340. The molecule has 3 nitrogen and oxygen atoms in total. The van der Waals surface area contributed by atoms with Crippen molar-refractivity contribution in [2.45, 2.75) is 26.7 Å². The molecule has 0 fully saturated rings. The Bertz CT molecular complexity index is 450. The van der Waals surface area contributed by atoms with Crippen LogP contribution >= 0.6 is 0 Å². The number of hydrogen-bond acceptors (Lipinski definition) is 2. The summed E-state index contributed by atoms with van der Waals surface area (Å²) in [5.74, 6) is 1.18. The zero-order chi connectivity index (χ0) is 13.2. The number of methoxy groups -OCH3 is 1. The van der Waals surface area contributed by atoms with Gasteiger partial charge in [-0.25, -0.2) is 4.79 Å². The third-order valence-corrected chi connectivity index (χ3v) is 4.30. The van der Waals surface area contributed by atoms with E-state index in [0.29, 0.717) is 16.8 Å². The number of quaternary nitrogens is 1. The van der Waals surface area contributed by atoms with Crippen molar-refractivity contribution >= 4 is 5.91 Å². The van der Waals surface area contributed by atoms with Crippen LogP contribution in [0.5, 0.6) is 5.75 Å². The third kappa shape index (κ3) is 2.15. The van der Waals surface area contributed by atoms with Gasteiger partial charge in [0, 0.05) is 6.42 Å². The summed E-state index contributed by atoms with van der Waals surface area (Å²) in [6, 6.07) is 6.10. The fourth-order valence-corrected chi connectivity index (χ4v) is 2.82. The molecule has 2 rings (SSSR count). The maximum atomic E-state index is 12.5. The van der Waals surface area contributed by atoms with Crippen LogP contribution in [0.3, 0.4) is 0 Å². The quantitative estimate of drug-likeness (QED) is 0.766. The summed E-state index contributed by atoms with van der Waals surface area (Å²) in [7, 11) is 1.67. The molecule has 0 radical (unpaired) electrons. The molecule has 98 valence electrons. The molecule has 0 aromatic heterocycles. The zero-order valence-corrected chi connectivity index (χ0v) is 11.5. The number of amides is 1. The van der Waals surface area contributed by atoms with Gasteiger partial charge in [-0.3, -0.25) is 4.48 Å². The molecule has 3 heteroatoms. The summed E-state index contributed by atoms with van der Waals surface area (Å²) in [5.41, 5.74) is 2.44. The molecule has 0 unspecified atom stereocenters. The number of rotatable bonds is 3. The lowest BCUT2D eigenvalue weighted by molar-refractivity contribution is -0.850. The molecule has 0 bridgehead atoms. The number of fused-ring (bicyclic) bond motifs is 1. The van der Waals surface area contributed by atoms with Crippen molar-refractivity contribution in [3.63, 3.8) is 0 Å². The number of hydrogen-bond donors (Lipinski definition) is 0. The first-order valence-electron chi connectivity index (χ1n) is 6.70. The van der Waals surface area contributed by atoms with Crippen LogP contribution in [0.15, 0.2) is 18.2 Å². The van der Waals surface area contributed by atoms with E-state index in [1.807, 2.05) is 12.1 Å². The maximum Gasteiger partial charge on any atom is 0.318 e. The van der Waals surface area contributed by atoms with Gasteiger partial charge in [-0.2, -0.15) is 0 Å². The van der Waals surface area contributed by atoms with E-state index < -0.39 is 0 Å². The third-order valence-electron chi connectivity index (χ3n) is 4.30. The Morgan fingerprint density at radius 1 is 1.22 bits per heavy atom. The second-order valence-electron chi connectivity index (χ2n) is 4.96. The van der Waals surface area contributed by atoms with Gasteiger partial charge in [0.2, 0.25) is 0 Å². The second-order valence-corrected chi connectivity index (χ2v) is 4.96. The van der Waals surface area contributed by atoms with Gasteiger partial charge >= 0.3 is 5.91 Å². The van der Waals surface area contributed by atoms with Gasteiger partial charge in [0.05, 0.1) is 33.2 Å². The largest absolute Gasteiger partial charge is 0.497 e. The summed E-state index contributed by atoms with van der Waals surface area (Å²) in [6.07, 6.45) is 1.51. The normalized spacial score (nSPS) is 18.1. The highest BCUT2D eigenvalue weighted by molar-refractivity contribution is 5.73.